The molecule has 3 rings (SSSR count). The molecule has 2 aliphatic rings. The summed E-state index contributed by atoms with van der Waals surface area (Å²) in [4.78, 5) is 0. The first kappa shape index (κ1) is 12.1. The third-order valence-electron chi connectivity index (χ3n) is 4.21. The molecular formula is C13H23N5. The van der Waals surface area contributed by atoms with Gasteiger partial charge in [-0.05, 0) is 47.9 Å². The van der Waals surface area contributed by atoms with Crippen LogP contribution in [0.15, 0.2) is 0 Å². The number of nitrogens with one attached hydrogen (secondary N) is 1. The van der Waals surface area contributed by atoms with Crippen molar-refractivity contribution in [3.63, 3.8) is 0 Å². The number of hydrogen-bond donors (Lipinski definition) is 1. The Balaban J connectivity index is 1.68. The number of nitrogens with zero attached hydrogens (tertiary/aromatic N) is 4. The van der Waals surface area contributed by atoms with Crippen molar-refractivity contribution < 1.29 is 0 Å². The van der Waals surface area contributed by atoms with Crippen LogP contribution in [0.3, 0.4) is 0 Å². The Hall–Kier alpha value is -0.970. The minimum atomic E-state index is 0.427. The van der Waals surface area contributed by atoms with Gasteiger partial charge < -0.3 is 5.32 Å². The Morgan fingerprint density at radius 3 is 2.89 bits per heavy atom. The highest BCUT2D eigenvalue weighted by Crippen LogP contribution is 2.40. The van der Waals surface area contributed by atoms with Crippen LogP contribution in [0, 0.1) is 5.41 Å². The van der Waals surface area contributed by atoms with E-state index in [2.05, 4.69) is 39.4 Å². The van der Waals surface area contributed by atoms with Gasteiger partial charge in [0, 0.05) is 6.04 Å². The molecule has 18 heavy (non-hydrogen) atoms. The molecular weight excluding hydrogens is 226 g/mol. The molecule has 5 heteroatoms. The second-order valence-electron chi connectivity index (χ2n) is 6.61. The lowest BCUT2D eigenvalue weighted by Gasteiger charge is -2.35. The van der Waals surface area contributed by atoms with Crippen LogP contribution < -0.4 is 5.32 Å². The summed E-state index contributed by atoms with van der Waals surface area (Å²) in [5.41, 5.74) is 0.427. The Labute approximate surface area is 108 Å². The van der Waals surface area contributed by atoms with Crippen molar-refractivity contribution in [2.75, 3.05) is 0 Å². The molecule has 0 bridgehead atoms. The SMILES string of the molecule is CC1(C)CCCC(n2nnnc2CNC2CC2)C1. The first-order valence-corrected chi connectivity index (χ1v) is 7.14. The average Bonchev–Trinajstić information content (AvgIpc) is 3.02. The summed E-state index contributed by atoms with van der Waals surface area (Å²) >= 11 is 0. The lowest BCUT2D eigenvalue weighted by molar-refractivity contribution is 0.170. The van der Waals surface area contributed by atoms with E-state index in [1.807, 2.05) is 0 Å². The quantitative estimate of drug-likeness (QED) is 0.887. The smallest absolute Gasteiger partial charge is 0.165 e. The Morgan fingerprint density at radius 1 is 1.33 bits per heavy atom. The lowest BCUT2D eigenvalue weighted by atomic mass is 9.75. The van der Waals surface area contributed by atoms with Crippen molar-refractivity contribution in [3.8, 4) is 0 Å². The van der Waals surface area contributed by atoms with Gasteiger partial charge >= 0.3 is 0 Å². The third kappa shape index (κ3) is 2.71. The van der Waals surface area contributed by atoms with E-state index < -0.39 is 0 Å². The summed E-state index contributed by atoms with van der Waals surface area (Å²) in [5.74, 6) is 1.00. The van der Waals surface area contributed by atoms with E-state index in [0.29, 0.717) is 17.5 Å². The molecule has 0 radical (unpaired) electrons. The van der Waals surface area contributed by atoms with E-state index in [4.69, 9.17) is 0 Å². The van der Waals surface area contributed by atoms with Crippen molar-refractivity contribution in [3.05, 3.63) is 5.82 Å². The first-order valence-electron chi connectivity index (χ1n) is 7.14. The number of tetrazole rings is 1. The predicted molar refractivity (Wildman–Crippen MR) is 69.0 cm³/mol. The van der Waals surface area contributed by atoms with Crippen molar-refractivity contribution >= 4 is 0 Å². The van der Waals surface area contributed by atoms with Crippen LogP contribution >= 0.6 is 0 Å². The van der Waals surface area contributed by atoms with Gasteiger partial charge in [-0.25, -0.2) is 4.68 Å². The van der Waals surface area contributed by atoms with Crippen LogP contribution in [-0.4, -0.2) is 26.2 Å². The van der Waals surface area contributed by atoms with Gasteiger partial charge in [-0.15, -0.1) is 5.10 Å². The molecule has 2 fully saturated rings. The summed E-state index contributed by atoms with van der Waals surface area (Å²) in [6.45, 7) is 5.52. The fourth-order valence-corrected chi connectivity index (χ4v) is 3.00. The maximum atomic E-state index is 4.22. The molecule has 0 spiro atoms. The van der Waals surface area contributed by atoms with Crippen LogP contribution in [0.25, 0.3) is 0 Å². The lowest BCUT2D eigenvalue weighted by Crippen LogP contribution is -2.28. The van der Waals surface area contributed by atoms with Gasteiger partial charge in [-0.3, -0.25) is 0 Å². The van der Waals surface area contributed by atoms with Gasteiger partial charge in [-0.1, -0.05) is 20.3 Å². The largest absolute Gasteiger partial charge is 0.307 e. The Kier molecular flexibility index (Phi) is 3.09. The summed E-state index contributed by atoms with van der Waals surface area (Å²) in [6, 6.07) is 1.19. The Morgan fingerprint density at radius 2 is 2.17 bits per heavy atom. The highest BCUT2D eigenvalue weighted by Gasteiger charge is 2.31. The molecule has 0 amide bonds. The maximum absolute atomic E-state index is 4.22. The van der Waals surface area contributed by atoms with Crippen LogP contribution in [0.1, 0.15) is 64.2 Å². The highest BCUT2D eigenvalue weighted by molar-refractivity contribution is 4.91. The van der Waals surface area contributed by atoms with E-state index in [-0.39, 0.29) is 0 Å². The third-order valence-corrected chi connectivity index (χ3v) is 4.21. The standard InChI is InChI=1S/C13H23N5/c1-13(2)7-3-4-11(8-13)18-12(15-16-17-18)9-14-10-5-6-10/h10-11,14H,3-9H2,1-2H3. The molecule has 0 aliphatic heterocycles. The van der Waals surface area contributed by atoms with Gasteiger partial charge in [0.1, 0.15) is 0 Å². The van der Waals surface area contributed by atoms with Crippen LogP contribution in [-0.2, 0) is 6.54 Å². The zero-order valence-corrected chi connectivity index (χ0v) is 11.4. The molecule has 0 aromatic carbocycles. The highest BCUT2D eigenvalue weighted by atomic mass is 15.6. The fraction of sp³-hybridized carbons (Fsp3) is 0.923. The van der Waals surface area contributed by atoms with E-state index in [1.165, 1.54) is 38.5 Å². The molecule has 0 saturated heterocycles. The predicted octanol–water partition coefficient (Wildman–Crippen LogP) is 2.07. The molecule has 1 aromatic rings. The maximum Gasteiger partial charge on any atom is 0.165 e. The van der Waals surface area contributed by atoms with Crippen molar-refractivity contribution in [2.24, 2.45) is 5.41 Å². The van der Waals surface area contributed by atoms with Gasteiger partial charge in [0.25, 0.3) is 0 Å². The molecule has 5 nitrogen and oxygen atoms in total. The molecule has 1 aromatic heterocycles. The molecule has 2 saturated carbocycles. The fourth-order valence-electron chi connectivity index (χ4n) is 3.00. The van der Waals surface area contributed by atoms with E-state index in [1.54, 1.807) is 0 Å². The van der Waals surface area contributed by atoms with E-state index >= 15 is 0 Å². The minimum absolute atomic E-state index is 0.427. The minimum Gasteiger partial charge on any atom is -0.307 e. The number of rotatable bonds is 4. The van der Waals surface area contributed by atoms with Crippen molar-refractivity contribution in [1.82, 2.24) is 25.5 Å². The number of hydrogen-bond acceptors (Lipinski definition) is 4. The Bertz CT molecular complexity index is 407. The molecule has 1 atom stereocenters. The van der Waals surface area contributed by atoms with Gasteiger partial charge in [0.2, 0.25) is 0 Å². The summed E-state index contributed by atoms with van der Waals surface area (Å²) in [6.07, 6.45) is 7.61. The summed E-state index contributed by atoms with van der Waals surface area (Å²) in [5, 5.41) is 15.8. The van der Waals surface area contributed by atoms with Gasteiger partial charge in [-0.2, -0.15) is 0 Å². The monoisotopic (exact) mass is 249 g/mol. The normalized spacial score (nSPS) is 27.3. The number of aromatic nitrogens is 4. The van der Waals surface area contributed by atoms with Crippen LogP contribution in [0.2, 0.25) is 0 Å². The second-order valence-corrected chi connectivity index (χ2v) is 6.61. The summed E-state index contributed by atoms with van der Waals surface area (Å²) < 4.78 is 2.07. The average molecular weight is 249 g/mol. The second kappa shape index (κ2) is 4.61. The van der Waals surface area contributed by atoms with E-state index in [0.717, 1.165) is 12.4 Å². The van der Waals surface area contributed by atoms with Crippen LogP contribution in [0.4, 0.5) is 0 Å². The van der Waals surface area contributed by atoms with Gasteiger partial charge in [0.15, 0.2) is 5.82 Å². The zero-order valence-electron chi connectivity index (χ0n) is 11.4. The van der Waals surface area contributed by atoms with Gasteiger partial charge in [0.05, 0.1) is 12.6 Å². The zero-order chi connectivity index (χ0) is 12.6. The van der Waals surface area contributed by atoms with Crippen molar-refractivity contribution in [2.45, 2.75) is 71.0 Å². The first-order chi connectivity index (χ1) is 8.64. The molecule has 1 heterocycles. The van der Waals surface area contributed by atoms with Crippen molar-refractivity contribution in [1.29, 1.82) is 0 Å². The van der Waals surface area contributed by atoms with Crippen LogP contribution in [0.5, 0.6) is 0 Å². The molecule has 2 aliphatic carbocycles. The molecule has 1 N–H and O–H groups in total. The summed E-state index contributed by atoms with van der Waals surface area (Å²) in [7, 11) is 0. The van der Waals surface area contributed by atoms with E-state index in [9.17, 15) is 0 Å². The topological polar surface area (TPSA) is 55.6 Å². The molecule has 100 valence electrons. The molecule has 1 unspecified atom stereocenters.